The zero-order valence-electron chi connectivity index (χ0n) is 10.5. The maximum Gasteiger partial charge on any atom is 0.0576 e. The van der Waals surface area contributed by atoms with Gasteiger partial charge in [0, 0.05) is 54.2 Å². The third kappa shape index (κ3) is 2.48. The van der Waals surface area contributed by atoms with Gasteiger partial charge in [0.2, 0.25) is 0 Å². The minimum absolute atomic E-state index is 0.364. The number of hydrogen-bond acceptors (Lipinski definition) is 4. The van der Waals surface area contributed by atoms with Crippen molar-refractivity contribution in [2.75, 3.05) is 13.1 Å². The number of likely N-dealkylation sites (tertiary alicyclic amines) is 1. The Labute approximate surface area is 111 Å². The quantitative estimate of drug-likeness (QED) is 0.915. The number of nitrogens with two attached hydrogens (primary N) is 1. The van der Waals surface area contributed by atoms with Crippen LogP contribution in [0.4, 0.5) is 0 Å². The molecule has 0 spiro atoms. The molecular formula is C13H18N4S. The highest BCUT2D eigenvalue weighted by molar-refractivity contribution is 7.15. The maximum absolute atomic E-state index is 5.93. The summed E-state index contributed by atoms with van der Waals surface area (Å²) in [4.78, 5) is 5.13. The van der Waals surface area contributed by atoms with Crippen LogP contribution in [0.2, 0.25) is 0 Å². The Morgan fingerprint density at radius 1 is 1.50 bits per heavy atom. The smallest absolute Gasteiger partial charge is 0.0576 e. The molecule has 0 aromatic carbocycles. The van der Waals surface area contributed by atoms with Crippen molar-refractivity contribution in [1.29, 1.82) is 0 Å². The second kappa shape index (κ2) is 4.84. The van der Waals surface area contributed by atoms with Gasteiger partial charge in [-0.1, -0.05) is 0 Å². The lowest BCUT2D eigenvalue weighted by Gasteiger charge is -2.13. The van der Waals surface area contributed by atoms with E-state index in [1.807, 2.05) is 29.3 Å². The molecular weight excluding hydrogens is 244 g/mol. The first-order chi connectivity index (χ1) is 8.70. The Hall–Kier alpha value is -1.17. The third-order valence-corrected chi connectivity index (χ3v) is 4.46. The van der Waals surface area contributed by atoms with Crippen molar-refractivity contribution in [3.05, 3.63) is 29.4 Å². The van der Waals surface area contributed by atoms with Crippen LogP contribution in [-0.2, 0) is 13.6 Å². The average Bonchev–Trinajstić information content (AvgIpc) is 3.01. The van der Waals surface area contributed by atoms with E-state index >= 15 is 0 Å². The van der Waals surface area contributed by atoms with Gasteiger partial charge in [0.15, 0.2) is 0 Å². The minimum Gasteiger partial charge on any atom is -0.326 e. The first kappa shape index (κ1) is 11.9. The molecule has 1 aliphatic rings. The van der Waals surface area contributed by atoms with Gasteiger partial charge in [-0.05, 0) is 18.6 Å². The molecule has 1 unspecified atom stereocenters. The molecule has 1 atom stereocenters. The molecule has 0 bridgehead atoms. The Balaban J connectivity index is 1.70. The van der Waals surface area contributed by atoms with Gasteiger partial charge in [-0.2, -0.15) is 5.10 Å². The SMILES string of the molecule is Cn1cc(-c2ccc(CN3CCC(N)C3)s2)cn1. The van der Waals surface area contributed by atoms with Gasteiger partial charge < -0.3 is 5.73 Å². The molecule has 2 aromatic heterocycles. The summed E-state index contributed by atoms with van der Waals surface area (Å²) in [7, 11) is 1.95. The molecule has 1 saturated heterocycles. The van der Waals surface area contributed by atoms with E-state index in [4.69, 9.17) is 5.73 Å². The number of hydrogen-bond donors (Lipinski definition) is 1. The summed E-state index contributed by atoms with van der Waals surface area (Å²) in [6.45, 7) is 3.18. The summed E-state index contributed by atoms with van der Waals surface area (Å²) in [6.07, 6.45) is 5.10. The summed E-state index contributed by atoms with van der Waals surface area (Å²) in [5.41, 5.74) is 7.13. The number of rotatable bonds is 3. The van der Waals surface area contributed by atoms with Gasteiger partial charge in [0.05, 0.1) is 6.20 Å². The minimum atomic E-state index is 0.364. The molecule has 18 heavy (non-hydrogen) atoms. The molecule has 96 valence electrons. The van der Waals surface area contributed by atoms with Crippen LogP contribution < -0.4 is 5.73 Å². The molecule has 1 aliphatic heterocycles. The number of aryl methyl sites for hydroxylation is 1. The molecule has 0 radical (unpaired) electrons. The molecule has 0 amide bonds. The predicted molar refractivity (Wildman–Crippen MR) is 74.4 cm³/mol. The van der Waals surface area contributed by atoms with Crippen molar-refractivity contribution in [3.8, 4) is 10.4 Å². The molecule has 5 heteroatoms. The molecule has 2 aromatic rings. The molecule has 3 rings (SSSR count). The summed E-state index contributed by atoms with van der Waals surface area (Å²) in [5, 5.41) is 4.21. The Morgan fingerprint density at radius 2 is 2.39 bits per heavy atom. The molecule has 1 fully saturated rings. The first-order valence-corrected chi connectivity index (χ1v) is 7.08. The fraction of sp³-hybridized carbons (Fsp3) is 0.462. The number of nitrogens with zero attached hydrogens (tertiary/aromatic N) is 3. The second-order valence-corrected chi connectivity index (χ2v) is 6.12. The van der Waals surface area contributed by atoms with E-state index in [-0.39, 0.29) is 0 Å². The molecule has 2 N–H and O–H groups in total. The Bertz CT molecular complexity index is 531. The van der Waals surface area contributed by atoms with Crippen LogP contribution in [0.25, 0.3) is 10.4 Å². The van der Waals surface area contributed by atoms with Crippen molar-refractivity contribution in [2.24, 2.45) is 12.8 Å². The van der Waals surface area contributed by atoms with Crippen molar-refractivity contribution in [3.63, 3.8) is 0 Å². The number of aromatic nitrogens is 2. The fourth-order valence-electron chi connectivity index (χ4n) is 2.39. The predicted octanol–water partition coefficient (Wildman–Crippen LogP) is 1.68. The lowest BCUT2D eigenvalue weighted by Crippen LogP contribution is -2.25. The van der Waals surface area contributed by atoms with Crippen LogP contribution in [0.5, 0.6) is 0 Å². The molecule has 4 nitrogen and oxygen atoms in total. The highest BCUT2D eigenvalue weighted by Crippen LogP contribution is 2.28. The van der Waals surface area contributed by atoms with Crippen molar-refractivity contribution in [1.82, 2.24) is 14.7 Å². The molecule has 0 aliphatic carbocycles. The van der Waals surface area contributed by atoms with Gasteiger partial charge in [0.1, 0.15) is 0 Å². The van der Waals surface area contributed by atoms with Gasteiger partial charge in [-0.3, -0.25) is 9.58 Å². The van der Waals surface area contributed by atoms with E-state index in [9.17, 15) is 0 Å². The highest BCUT2D eigenvalue weighted by Gasteiger charge is 2.19. The van der Waals surface area contributed by atoms with Crippen molar-refractivity contribution >= 4 is 11.3 Å². The standard InChI is InChI=1S/C13H18N4S/c1-16-7-10(6-15-16)13-3-2-12(18-13)9-17-5-4-11(14)8-17/h2-3,6-7,11H,4-5,8-9,14H2,1H3. The topological polar surface area (TPSA) is 47.1 Å². The van der Waals surface area contributed by atoms with Gasteiger partial charge >= 0.3 is 0 Å². The van der Waals surface area contributed by atoms with E-state index in [0.717, 1.165) is 26.1 Å². The van der Waals surface area contributed by atoms with Crippen LogP contribution >= 0.6 is 11.3 Å². The molecule has 3 heterocycles. The van der Waals surface area contributed by atoms with Gasteiger partial charge in [-0.15, -0.1) is 11.3 Å². The van der Waals surface area contributed by atoms with Crippen molar-refractivity contribution in [2.45, 2.75) is 19.0 Å². The summed E-state index contributed by atoms with van der Waals surface area (Å²) >= 11 is 1.85. The second-order valence-electron chi connectivity index (χ2n) is 4.95. The molecule has 0 saturated carbocycles. The van der Waals surface area contributed by atoms with E-state index in [0.29, 0.717) is 6.04 Å². The van der Waals surface area contributed by atoms with Crippen molar-refractivity contribution < 1.29 is 0 Å². The first-order valence-electron chi connectivity index (χ1n) is 6.26. The lowest BCUT2D eigenvalue weighted by atomic mass is 10.3. The summed E-state index contributed by atoms with van der Waals surface area (Å²) in [6, 6.07) is 4.77. The Kier molecular flexibility index (Phi) is 3.20. The van der Waals surface area contributed by atoms with Crippen LogP contribution in [-0.4, -0.2) is 33.8 Å². The summed E-state index contributed by atoms with van der Waals surface area (Å²) in [5.74, 6) is 0. The van der Waals surface area contributed by atoms with Crippen LogP contribution in [0.3, 0.4) is 0 Å². The van der Waals surface area contributed by atoms with Crippen LogP contribution in [0.1, 0.15) is 11.3 Å². The largest absolute Gasteiger partial charge is 0.326 e. The van der Waals surface area contributed by atoms with Crippen LogP contribution in [0, 0.1) is 0 Å². The normalized spacial score (nSPS) is 20.7. The number of thiophene rings is 1. The van der Waals surface area contributed by atoms with Gasteiger partial charge in [-0.25, -0.2) is 0 Å². The lowest BCUT2D eigenvalue weighted by molar-refractivity contribution is 0.330. The van der Waals surface area contributed by atoms with E-state index in [2.05, 4.69) is 28.3 Å². The van der Waals surface area contributed by atoms with Gasteiger partial charge in [0.25, 0.3) is 0 Å². The van der Waals surface area contributed by atoms with E-state index in [1.54, 1.807) is 0 Å². The zero-order valence-corrected chi connectivity index (χ0v) is 11.4. The summed E-state index contributed by atoms with van der Waals surface area (Å²) < 4.78 is 1.84. The Morgan fingerprint density at radius 3 is 3.06 bits per heavy atom. The zero-order chi connectivity index (χ0) is 12.5. The van der Waals surface area contributed by atoms with E-state index in [1.165, 1.54) is 15.3 Å². The van der Waals surface area contributed by atoms with E-state index < -0.39 is 0 Å². The van der Waals surface area contributed by atoms with Crippen LogP contribution in [0.15, 0.2) is 24.5 Å². The average molecular weight is 262 g/mol. The highest BCUT2D eigenvalue weighted by atomic mass is 32.1. The monoisotopic (exact) mass is 262 g/mol. The third-order valence-electron chi connectivity index (χ3n) is 3.34. The maximum atomic E-state index is 5.93. The fourth-order valence-corrected chi connectivity index (χ4v) is 3.42.